The maximum absolute atomic E-state index is 13.4. The van der Waals surface area contributed by atoms with Gasteiger partial charge in [0.05, 0.1) is 35.9 Å². The Morgan fingerprint density at radius 2 is 0.963 bits per heavy atom. The number of likely N-dealkylation sites (tertiary alicyclic amines) is 2. The number of nitrogens with zero attached hydrogens (tertiary/aromatic N) is 8. The Balaban J connectivity index is 0.896. The zero-order valence-electron chi connectivity index (χ0n) is 30.2. The van der Waals surface area contributed by atoms with Crippen LogP contribution in [-0.2, 0) is 9.59 Å². The van der Waals surface area contributed by atoms with Crippen molar-refractivity contribution >= 4 is 23.7 Å². The summed E-state index contributed by atoms with van der Waals surface area (Å²) in [5.41, 5.74) is 6.03. The molecule has 6 heterocycles. The van der Waals surface area contributed by atoms with Crippen LogP contribution in [0.3, 0.4) is 0 Å². The average molecular weight is 723 g/mol. The summed E-state index contributed by atoms with van der Waals surface area (Å²) in [6.07, 6.45) is 13.8. The first-order valence-corrected chi connectivity index (χ1v) is 18.4. The van der Waals surface area contributed by atoms with Crippen LogP contribution >= 0.6 is 0 Å². The van der Waals surface area contributed by atoms with E-state index in [1.54, 1.807) is 36.9 Å². The minimum atomic E-state index is -0.463. The molecule has 4 N–H and O–H groups in total. The van der Waals surface area contributed by atoms with Gasteiger partial charge in [0.25, 0.3) is 0 Å². The summed E-state index contributed by atoms with van der Waals surface area (Å²) in [6, 6.07) is 19.1. The summed E-state index contributed by atoms with van der Waals surface area (Å²) in [5.74, 6) is 2.44. The van der Waals surface area contributed by atoms with Gasteiger partial charge in [-0.25, -0.2) is 29.9 Å². The predicted octanol–water partition coefficient (Wildman–Crippen LogP) is 6.04. The highest BCUT2D eigenvalue weighted by atomic mass is 16.2. The lowest BCUT2D eigenvalue weighted by molar-refractivity contribution is -0.133. The van der Waals surface area contributed by atoms with Gasteiger partial charge >= 0.3 is 0 Å². The molecule has 2 aliphatic heterocycles. The van der Waals surface area contributed by atoms with Gasteiger partial charge in [0.1, 0.15) is 23.7 Å². The van der Waals surface area contributed by atoms with E-state index in [1.807, 2.05) is 36.0 Å². The maximum atomic E-state index is 13.4. The standard InChI is InChI=1S/C40H42N12O2/c1-25(47-39-41-17-5-18-42-39)37(53)51-21-3-7-33(51)35-45-23-31(49-35)29-13-9-27(10-14-29)28-11-15-30(16-12-28)32-24-46-36(50-32)34-8-4-22-52(34)38(54)26(2)48-40-43-19-6-20-44-40/h5-6,9-20,23-26,33-34H,3-4,7-8,21-22H2,1-2H3,(H,45,49)(H,46,50)(H,41,42,47)(H,43,44,48)/t25-,26-,33?,34?/m0/s1. The molecule has 2 unspecified atom stereocenters. The molecule has 2 aromatic carbocycles. The first kappa shape index (κ1) is 34.6. The Hall–Kier alpha value is -6.44. The van der Waals surface area contributed by atoms with Crippen LogP contribution < -0.4 is 10.6 Å². The topological polar surface area (TPSA) is 174 Å². The first-order chi connectivity index (χ1) is 26.4. The van der Waals surface area contributed by atoms with E-state index in [0.29, 0.717) is 25.0 Å². The van der Waals surface area contributed by atoms with Gasteiger partial charge in [-0.05, 0) is 73.9 Å². The maximum Gasteiger partial charge on any atom is 0.245 e. The summed E-state index contributed by atoms with van der Waals surface area (Å²) in [6.45, 7) is 5.03. The number of hydrogen-bond acceptors (Lipinski definition) is 10. The molecule has 274 valence electrons. The third-order valence-corrected chi connectivity index (χ3v) is 10.2. The molecule has 0 radical (unpaired) electrons. The molecule has 2 aliphatic rings. The average Bonchev–Trinajstić information content (AvgIpc) is 4.05. The summed E-state index contributed by atoms with van der Waals surface area (Å²) >= 11 is 0. The molecule has 4 aromatic heterocycles. The quantitative estimate of drug-likeness (QED) is 0.123. The Kier molecular flexibility index (Phi) is 9.79. The number of amides is 2. The Morgan fingerprint density at radius 3 is 1.35 bits per heavy atom. The fourth-order valence-corrected chi connectivity index (χ4v) is 7.37. The highest BCUT2D eigenvalue weighted by Crippen LogP contribution is 2.34. The molecule has 6 aromatic rings. The summed E-state index contributed by atoms with van der Waals surface area (Å²) in [4.78, 5) is 63.7. The van der Waals surface area contributed by atoms with Gasteiger partial charge in [-0.2, -0.15) is 0 Å². The van der Waals surface area contributed by atoms with Crippen LogP contribution in [0.5, 0.6) is 0 Å². The fraction of sp³-hybridized carbons (Fsp3) is 0.300. The molecule has 4 atom stereocenters. The van der Waals surface area contributed by atoms with Crippen LogP contribution in [0.2, 0.25) is 0 Å². The Morgan fingerprint density at radius 1 is 0.593 bits per heavy atom. The van der Waals surface area contributed by atoms with E-state index in [0.717, 1.165) is 71.0 Å². The number of anilines is 2. The molecule has 14 heteroatoms. The monoisotopic (exact) mass is 722 g/mol. The third-order valence-electron chi connectivity index (χ3n) is 10.2. The van der Waals surface area contributed by atoms with Crippen molar-refractivity contribution in [2.45, 2.75) is 63.7 Å². The van der Waals surface area contributed by atoms with Gasteiger partial charge in [-0.15, -0.1) is 0 Å². The van der Waals surface area contributed by atoms with Crippen LogP contribution in [0.1, 0.15) is 63.3 Å². The number of nitrogens with one attached hydrogen (secondary N) is 4. The fourth-order valence-electron chi connectivity index (χ4n) is 7.37. The first-order valence-electron chi connectivity index (χ1n) is 18.4. The number of H-pyrrole nitrogens is 2. The number of aromatic nitrogens is 8. The highest BCUT2D eigenvalue weighted by Gasteiger charge is 2.35. The Labute approximate surface area is 312 Å². The predicted molar refractivity (Wildman–Crippen MR) is 205 cm³/mol. The van der Waals surface area contributed by atoms with Crippen molar-refractivity contribution in [2.24, 2.45) is 0 Å². The van der Waals surface area contributed by atoms with E-state index >= 15 is 0 Å². The lowest BCUT2D eigenvalue weighted by atomic mass is 10.0. The largest absolute Gasteiger partial charge is 0.343 e. The van der Waals surface area contributed by atoms with Gasteiger partial charge < -0.3 is 30.4 Å². The van der Waals surface area contributed by atoms with Gasteiger partial charge in [0.2, 0.25) is 23.7 Å². The minimum Gasteiger partial charge on any atom is -0.343 e. The van der Waals surface area contributed by atoms with Crippen molar-refractivity contribution in [3.05, 3.63) is 109 Å². The normalized spacial score (nSPS) is 18.0. The molecule has 0 saturated carbocycles. The van der Waals surface area contributed by atoms with Crippen molar-refractivity contribution in [1.29, 1.82) is 0 Å². The van der Waals surface area contributed by atoms with Crippen LogP contribution in [-0.4, -0.2) is 86.7 Å². The molecule has 0 aliphatic carbocycles. The lowest BCUT2D eigenvalue weighted by Gasteiger charge is -2.26. The van der Waals surface area contributed by atoms with Crippen molar-refractivity contribution < 1.29 is 9.59 Å². The van der Waals surface area contributed by atoms with Crippen LogP contribution in [0, 0.1) is 0 Å². The van der Waals surface area contributed by atoms with Gasteiger partial charge in [-0.1, -0.05) is 48.5 Å². The SMILES string of the molecule is C[C@H](Nc1ncccn1)C(=O)N1CCCC1c1ncc(-c2ccc(-c3ccc(-c4cnc(C5CCCN5C(=O)[C@H](C)Nc5ncccn5)[nH]4)cc3)cc2)[nH]1. The Bertz CT molecular complexity index is 2030. The van der Waals surface area contributed by atoms with E-state index in [2.05, 4.69) is 89.1 Å². The van der Waals surface area contributed by atoms with Gasteiger partial charge in [0, 0.05) is 37.9 Å². The number of carbonyl (C=O) groups excluding carboxylic acids is 2. The van der Waals surface area contributed by atoms with E-state index in [4.69, 9.17) is 9.97 Å². The van der Waals surface area contributed by atoms with Crippen molar-refractivity contribution in [2.75, 3.05) is 23.7 Å². The zero-order valence-corrected chi connectivity index (χ0v) is 30.2. The van der Waals surface area contributed by atoms with E-state index in [9.17, 15) is 9.59 Å². The van der Waals surface area contributed by atoms with E-state index < -0.39 is 12.1 Å². The molecule has 8 rings (SSSR count). The highest BCUT2D eigenvalue weighted by molar-refractivity contribution is 5.85. The van der Waals surface area contributed by atoms with Gasteiger partial charge in [0.15, 0.2) is 0 Å². The molecule has 0 spiro atoms. The molecule has 2 saturated heterocycles. The van der Waals surface area contributed by atoms with Gasteiger partial charge in [-0.3, -0.25) is 9.59 Å². The third kappa shape index (κ3) is 7.27. The number of aromatic amines is 2. The number of benzene rings is 2. The molecule has 54 heavy (non-hydrogen) atoms. The molecular formula is C40H42N12O2. The molecule has 2 fully saturated rings. The van der Waals surface area contributed by atoms with E-state index in [1.165, 1.54) is 0 Å². The zero-order chi connectivity index (χ0) is 37.0. The second kappa shape index (κ2) is 15.3. The van der Waals surface area contributed by atoms with Crippen molar-refractivity contribution in [3.8, 4) is 33.6 Å². The minimum absolute atomic E-state index is 0.00275. The second-order valence-corrected chi connectivity index (χ2v) is 13.8. The van der Waals surface area contributed by atoms with E-state index in [-0.39, 0.29) is 23.9 Å². The molecule has 0 bridgehead atoms. The summed E-state index contributed by atoms with van der Waals surface area (Å²) in [5, 5.41) is 6.22. The van der Waals surface area contributed by atoms with Crippen LogP contribution in [0.4, 0.5) is 11.9 Å². The van der Waals surface area contributed by atoms with Crippen molar-refractivity contribution in [3.63, 3.8) is 0 Å². The smallest absolute Gasteiger partial charge is 0.245 e. The molecule has 2 amide bonds. The van der Waals surface area contributed by atoms with Crippen molar-refractivity contribution in [1.82, 2.24) is 49.7 Å². The summed E-state index contributed by atoms with van der Waals surface area (Å²) in [7, 11) is 0. The number of rotatable bonds is 11. The number of imidazole rings is 2. The second-order valence-electron chi connectivity index (χ2n) is 13.8. The molecular weight excluding hydrogens is 681 g/mol. The number of carbonyl (C=O) groups is 2. The lowest BCUT2D eigenvalue weighted by Crippen LogP contribution is -2.41. The summed E-state index contributed by atoms with van der Waals surface area (Å²) < 4.78 is 0. The van der Waals surface area contributed by atoms with Crippen LogP contribution in [0.25, 0.3) is 33.6 Å². The van der Waals surface area contributed by atoms with Crippen LogP contribution in [0.15, 0.2) is 97.8 Å². The molecule has 14 nitrogen and oxygen atoms in total. The number of hydrogen-bond donors (Lipinski definition) is 4.